The van der Waals surface area contributed by atoms with Crippen molar-refractivity contribution in [3.05, 3.63) is 22.6 Å². The van der Waals surface area contributed by atoms with Gasteiger partial charge in [-0.1, -0.05) is 0 Å². The van der Waals surface area contributed by atoms with Gasteiger partial charge in [0.05, 0.1) is 6.20 Å². The molecule has 0 aliphatic rings. The average Bonchev–Trinajstić information content (AvgIpc) is 2.55. The maximum absolute atomic E-state index is 10.8. The monoisotopic (exact) mass is 196 g/mol. The molecular formula is C8H8N2O2S. The molecule has 2 heterocycles. The minimum Gasteiger partial charge on any atom is -0.477 e. The number of imidazole rings is 1. The van der Waals surface area contributed by atoms with E-state index in [1.54, 1.807) is 13.1 Å². The van der Waals surface area contributed by atoms with Gasteiger partial charge in [-0.2, -0.15) is 0 Å². The van der Waals surface area contributed by atoms with E-state index >= 15 is 0 Å². The van der Waals surface area contributed by atoms with Crippen molar-refractivity contribution in [1.82, 2.24) is 9.38 Å². The maximum Gasteiger partial charge on any atom is 0.347 e. The molecule has 0 spiro atoms. The molecule has 0 aliphatic heterocycles. The fourth-order valence-corrected chi connectivity index (χ4v) is 2.38. The molecule has 0 saturated carbocycles. The van der Waals surface area contributed by atoms with Crippen LogP contribution in [0.3, 0.4) is 0 Å². The fraction of sp³-hybridized carbons (Fsp3) is 0.250. The Bertz CT molecular complexity index is 484. The Kier molecular flexibility index (Phi) is 1.63. The molecule has 0 bridgehead atoms. The number of hydrogen-bond donors (Lipinski definition) is 1. The Morgan fingerprint density at radius 2 is 2.31 bits per heavy atom. The molecule has 0 aromatic carbocycles. The van der Waals surface area contributed by atoms with E-state index in [9.17, 15) is 4.79 Å². The Labute approximate surface area is 78.5 Å². The number of carbonyl (C=O) groups is 1. The summed E-state index contributed by atoms with van der Waals surface area (Å²) in [4.78, 5) is 16.1. The number of nitrogens with zero attached hydrogens (tertiary/aromatic N) is 2. The number of thiazole rings is 1. The second-order valence-corrected chi connectivity index (χ2v) is 3.83. The van der Waals surface area contributed by atoms with Gasteiger partial charge in [-0.3, -0.25) is 4.40 Å². The molecule has 5 heteroatoms. The van der Waals surface area contributed by atoms with Crippen molar-refractivity contribution in [1.29, 1.82) is 0 Å². The molecule has 1 N–H and O–H groups in total. The lowest BCUT2D eigenvalue weighted by atomic mass is 10.4. The second-order valence-electron chi connectivity index (χ2n) is 2.80. The SMILES string of the molecule is Cc1ncc2sc(C(=O)O)c(C)n12. The summed E-state index contributed by atoms with van der Waals surface area (Å²) in [6, 6.07) is 0. The van der Waals surface area contributed by atoms with Crippen molar-refractivity contribution in [2.45, 2.75) is 13.8 Å². The van der Waals surface area contributed by atoms with Gasteiger partial charge in [0.1, 0.15) is 15.5 Å². The summed E-state index contributed by atoms with van der Waals surface area (Å²) < 4.78 is 1.86. The highest BCUT2D eigenvalue weighted by Crippen LogP contribution is 2.23. The van der Waals surface area contributed by atoms with Crippen LogP contribution in [0.25, 0.3) is 4.83 Å². The summed E-state index contributed by atoms with van der Waals surface area (Å²) in [6.07, 6.45) is 1.69. The fourth-order valence-electron chi connectivity index (χ4n) is 1.38. The van der Waals surface area contributed by atoms with Gasteiger partial charge in [0.15, 0.2) is 0 Å². The summed E-state index contributed by atoms with van der Waals surface area (Å²) in [5.74, 6) is -0.0400. The molecule has 2 aromatic heterocycles. The van der Waals surface area contributed by atoms with E-state index in [0.29, 0.717) is 4.88 Å². The molecule has 2 aromatic rings. The summed E-state index contributed by atoms with van der Waals surface area (Å²) in [6.45, 7) is 3.65. The van der Waals surface area contributed by atoms with Crippen LogP contribution in [0.2, 0.25) is 0 Å². The molecule has 13 heavy (non-hydrogen) atoms. The van der Waals surface area contributed by atoms with E-state index < -0.39 is 5.97 Å². The van der Waals surface area contributed by atoms with Crippen LogP contribution in [-0.4, -0.2) is 20.5 Å². The lowest BCUT2D eigenvalue weighted by molar-refractivity contribution is 0.0701. The molecule has 0 unspecified atom stereocenters. The highest BCUT2D eigenvalue weighted by Gasteiger charge is 2.15. The maximum atomic E-state index is 10.8. The van der Waals surface area contributed by atoms with E-state index in [1.807, 2.05) is 11.3 Å². The molecule has 0 amide bonds. The normalized spacial score (nSPS) is 10.9. The number of fused-ring (bicyclic) bond motifs is 1. The highest BCUT2D eigenvalue weighted by atomic mass is 32.1. The molecule has 0 saturated heterocycles. The van der Waals surface area contributed by atoms with E-state index in [2.05, 4.69) is 4.98 Å². The standard InChI is InChI=1S/C8H8N2O2S/c1-4-7(8(11)12)13-6-3-9-5(2)10(4)6/h3H,1-2H3,(H,11,12). The topological polar surface area (TPSA) is 54.6 Å². The lowest BCUT2D eigenvalue weighted by Crippen LogP contribution is -1.97. The third kappa shape index (κ3) is 1.04. The predicted octanol–water partition coefficient (Wildman–Crippen LogP) is 1.71. The van der Waals surface area contributed by atoms with Gasteiger partial charge < -0.3 is 5.11 Å². The number of hydrogen-bond acceptors (Lipinski definition) is 3. The summed E-state index contributed by atoms with van der Waals surface area (Å²) in [5.41, 5.74) is 0.752. The molecular weight excluding hydrogens is 188 g/mol. The van der Waals surface area contributed by atoms with Crippen molar-refractivity contribution in [2.75, 3.05) is 0 Å². The first-order chi connectivity index (χ1) is 6.11. The molecule has 68 valence electrons. The molecule has 4 nitrogen and oxygen atoms in total. The smallest absolute Gasteiger partial charge is 0.347 e. The van der Waals surface area contributed by atoms with Crippen LogP contribution in [0.15, 0.2) is 6.20 Å². The van der Waals surface area contributed by atoms with Crippen LogP contribution < -0.4 is 0 Å². The minimum atomic E-state index is -0.870. The van der Waals surface area contributed by atoms with E-state index in [-0.39, 0.29) is 0 Å². The second kappa shape index (κ2) is 2.56. The zero-order chi connectivity index (χ0) is 9.59. The number of carboxylic acid groups (broad SMARTS) is 1. The van der Waals surface area contributed by atoms with Crippen molar-refractivity contribution in [3.8, 4) is 0 Å². The number of aromatic nitrogens is 2. The van der Waals surface area contributed by atoms with E-state index in [0.717, 1.165) is 16.3 Å². The first kappa shape index (κ1) is 8.25. The third-order valence-electron chi connectivity index (χ3n) is 1.97. The van der Waals surface area contributed by atoms with Crippen molar-refractivity contribution < 1.29 is 9.90 Å². The Hall–Kier alpha value is -1.36. The lowest BCUT2D eigenvalue weighted by Gasteiger charge is -1.93. The van der Waals surface area contributed by atoms with Crippen LogP contribution in [-0.2, 0) is 0 Å². The zero-order valence-electron chi connectivity index (χ0n) is 7.24. The zero-order valence-corrected chi connectivity index (χ0v) is 8.05. The van der Waals surface area contributed by atoms with Gasteiger partial charge in [0.25, 0.3) is 0 Å². The number of carboxylic acids is 1. The van der Waals surface area contributed by atoms with Crippen LogP contribution >= 0.6 is 11.3 Å². The Morgan fingerprint density at radius 1 is 1.62 bits per heavy atom. The van der Waals surface area contributed by atoms with Gasteiger partial charge in [-0.25, -0.2) is 9.78 Å². The number of rotatable bonds is 1. The quantitative estimate of drug-likeness (QED) is 0.755. The predicted molar refractivity (Wildman–Crippen MR) is 49.5 cm³/mol. The molecule has 0 atom stereocenters. The van der Waals surface area contributed by atoms with Crippen molar-refractivity contribution in [3.63, 3.8) is 0 Å². The van der Waals surface area contributed by atoms with Crippen LogP contribution in [0.5, 0.6) is 0 Å². The van der Waals surface area contributed by atoms with Crippen molar-refractivity contribution >= 4 is 22.1 Å². The van der Waals surface area contributed by atoms with Crippen LogP contribution in [0.4, 0.5) is 0 Å². The molecule has 0 fully saturated rings. The van der Waals surface area contributed by atoms with Crippen LogP contribution in [0, 0.1) is 13.8 Å². The Balaban J connectivity index is 2.82. The van der Waals surface area contributed by atoms with E-state index in [1.165, 1.54) is 11.3 Å². The first-order valence-corrected chi connectivity index (χ1v) is 4.59. The summed E-state index contributed by atoms with van der Waals surface area (Å²) in [7, 11) is 0. The minimum absolute atomic E-state index is 0.389. The average molecular weight is 196 g/mol. The van der Waals surface area contributed by atoms with Gasteiger partial charge in [0.2, 0.25) is 0 Å². The van der Waals surface area contributed by atoms with Gasteiger partial charge in [-0.15, -0.1) is 11.3 Å². The first-order valence-electron chi connectivity index (χ1n) is 3.78. The number of aryl methyl sites for hydroxylation is 2. The molecule has 2 rings (SSSR count). The Morgan fingerprint density at radius 3 is 2.85 bits per heavy atom. The number of aromatic carboxylic acids is 1. The summed E-state index contributed by atoms with van der Waals surface area (Å²) >= 11 is 1.25. The van der Waals surface area contributed by atoms with Crippen LogP contribution in [0.1, 0.15) is 21.2 Å². The van der Waals surface area contributed by atoms with Gasteiger partial charge >= 0.3 is 5.97 Å². The van der Waals surface area contributed by atoms with Gasteiger partial charge in [-0.05, 0) is 13.8 Å². The van der Waals surface area contributed by atoms with Crippen molar-refractivity contribution in [2.24, 2.45) is 0 Å². The van der Waals surface area contributed by atoms with Gasteiger partial charge in [0, 0.05) is 5.69 Å². The highest BCUT2D eigenvalue weighted by molar-refractivity contribution is 7.19. The van der Waals surface area contributed by atoms with E-state index in [4.69, 9.17) is 5.11 Å². The summed E-state index contributed by atoms with van der Waals surface area (Å²) in [5, 5.41) is 8.85. The molecule has 0 aliphatic carbocycles. The third-order valence-corrected chi connectivity index (χ3v) is 3.14. The largest absolute Gasteiger partial charge is 0.477 e. The molecule has 0 radical (unpaired) electrons.